The van der Waals surface area contributed by atoms with E-state index in [2.05, 4.69) is 4.74 Å². The van der Waals surface area contributed by atoms with Gasteiger partial charge in [-0.3, -0.25) is 4.79 Å². The molecule has 84 valence electrons. The molecule has 0 bridgehead atoms. The summed E-state index contributed by atoms with van der Waals surface area (Å²) in [5.41, 5.74) is 0.947. The van der Waals surface area contributed by atoms with Crippen molar-refractivity contribution in [1.29, 1.82) is 0 Å². The first-order valence-corrected chi connectivity index (χ1v) is 5.07. The number of methoxy groups -OCH3 is 1. The number of rotatable bonds is 1. The maximum atomic E-state index is 11.7. The van der Waals surface area contributed by atoms with Crippen molar-refractivity contribution >= 4 is 11.8 Å². The SMILES string of the molecule is COC(=O)C1Oc2ccccc2CCC1=O. The Labute approximate surface area is 93.2 Å². The first-order valence-electron chi connectivity index (χ1n) is 5.07. The molecule has 0 amide bonds. The summed E-state index contributed by atoms with van der Waals surface area (Å²) in [4.78, 5) is 23.0. The monoisotopic (exact) mass is 220 g/mol. The fraction of sp³-hybridized carbons (Fsp3) is 0.333. The fourth-order valence-electron chi connectivity index (χ4n) is 1.69. The summed E-state index contributed by atoms with van der Waals surface area (Å²) in [6.07, 6.45) is -0.215. The lowest BCUT2D eigenvalue weighted by Crippen LogP contribution is -2.35. The van der Waals surface area contributed by atoms with Crippen LogP contribution in [0.5, 0.6) is 5.75 Å². The second-order valence-corrected chi connectivity index (χ2v) is 3.60. The van der Waals surface area contributed by atoms with Crippen LogP contribution >= 0.6 is 0 Å². The number of carbonyl (C=O) groups excluding carboxylic acids is 2. The molecule has 0 saturated carbocycles. The highest BCUT2D eigenvalue weighted by molar-refractivity contribution is 6.02. The highest BCUT2D eigenvalue weighted by Gasteiger charge is 2.32. The van der Waals surface area contributed by atoms with Gasteiger partial charge in [0.15, 0.2) is 5.78 Å². The lowest BCUT2D eigenvalue weighted by Gasteiger charge is -2.13. The number of ketones is 1. The Morgan fingerprint density at radius 3 is 2.88 bits per heavy atom. The van der Waals surface area contributed by atoms with Gasteiger partial charge in [0.25, 0.3) is 6.10 Å². The Balaban J connectivity index is 2.31. The third-order valence-corrected chi connectivity index (χ3v) is 2.57. The van der Waals surface area contributed by atoms with E-state index in [1.54, 1.807) is 6.07 Å². The van der Waals surface area contributed by atoms with Crippen LogP contribution in [0, 0.1) is 0 Å². The van der Waals surface area contributed by atoms with Crippen molar-refractivity contribution in [3.8, 4) is 5.75 Å². The van der Waals surface area contributed by atoms with Crippen LogP contribution in [0.15, 0.2) is 24.3 Å². The molecule has 0 aromatic heterocycles. The van der Waals surface area contributed by atoms with Crippen molar-refractivity contribution in [3.63, 3.8) is 0 Å². The minimum absolute atomic E-state index is 0.233. The molecule has 4 heteroatoms. The molecule has 0 spiro atoms. The second-order valence-electron chi connectivity index (χ2n) is 3.60. The van der Waals surface area contributed by atoms with Gasteiger partial charge in [-0.25, -0.2) is 4.79 Å². The van der Waals surface area contributed by atoms with Gasteiger partial charge in [-0.2, -0.15) is 0 Å². The molecular weight excluding hydrogens is 208 g/mol. The molecule has 1 aromatic carbocycles. The van der Waals surface area contributed by atoms with Crippen LogP contribution in [0.4, 0.5) is 0 Å². The summed E-state index contributed by atoms with van der Waals surface area (Å²) < 4.78 is 9.94. The van der Waals surface area contributed by atoms with Crippen LogP contribution in [0.2, 0.25) is 0 Å². The number of Topliss-reactive ketones (excluding diaryl/α,β-unsaturated/α-hetero) is 1. The Hall–Kier alpha value is -1.84. The molecule has 0 aliphatic carbocycles. The van der Waals surface area contributed by atoms with E-state index in [9.17, 15) is 9.59 Å². The van der Waals surface area contributed by atoms with Gasteiger partial charge < -0.3 is 9.47 Å². The highest BCUT2D eigenvalue weighted by atomic mass is 16.6. The molecule has 0 saturated heterocycles. The fourth-order valence-corrected chi connectivity index (χ4v) is 1.69. The molecule has 1 aromatic rings. The average Bonchev–Trinajstić information content (AvgIpc) is 2.48. The molecule has 0 N–H and O–H groups in total. The molecule has 1 unspecified atom stereocenters. The van der Waals surface area contributed by atoms with E-state index in [4.69, 9.17) is 4.74 Å². The molecule has 2 rings (SSSR count). The summed E-state index contributed by atoms with van der Waals surface area (Å²) in [6, 6.07) is 7.33. The zero-order chi connectivity index (χ0) is 11.5. The van der Waals surface area contributed by atoms with Gasteiger partial charge in [0, 0.05) is 6.42 Å². The topological polar surface area (TPSA) is 52.6 Å². The molecule has 0 fully saturated rings. The number of hydrogen-bond donors (Lipinski definition) is 0. The minimum atomic E-state index is -1.12. The second kappa shape index (κ2) is 4.35. The van der Waals surface area contributed by atoms with E-state index in [-0.39, 0.29) is 5.78 Å². The highest BCUT2D eigenvalue weighted by Crippen LogP contribution is 2.25. The average molecular weight is 220 g/mol. The first kappa shape index (κ1) is 10.7. The lowest BCUT2D eigenvalue weighted by atomic mass is 10.1. The zero-order valence-corrected chi connectivity index (χ0v) is 8.93. The molecule has 16 heavy (non-hydrogen) atoms. The summed E-state index contributed by atoms with van der Waals surface area (Å²) in [6.45, 7) is 0. The van der Waals surface area contributed by atoms with Crippen molar-refractivity contribution in [1.82, 2.24) is 0 Å². The quantitative estimate of drug-likeness (QED) is 0.525. The predicted octanol–water partition coefficient (Wildman–Crippen LogP) is 1.12. The van der Waals surface area contributed by atoms with Crippen LogP contribution in [0.3, 0.4) is 0 Å². The summed E-state index contributed by atoms with van der Waals surface area (Å²) in [5, 5.41) is 0. The molecule has 1 aliphatic heterocycles. The van der Waals surface area contributed by atoms with E-state index in [0.29, 0.717) is 18.6 Å². The Kier molecular flexibility index (Phi) is 2.90. The number of fused-ring (bicyclic) bond motifs is 1. The van der Waals surface area contributed by atoms with E-state index < -0.39 is 12.1 Å². The number of benzene rings is 1. The van der Waals surface area contributed by atoms with Crippen LogP contribution in [0.25, 0.3) is 0 Å². The Morgan fingerprint density at radius 1 is 1.38 bits per heavy atom. The van der Waals surface area contributed by atoms with Gasteiger partial charge in [0.2, 0.25) is 0 Å². The third kappa shape index (κ3) is 1.91. The normalized spacial score (nSPS) is 19.3. The van der Waals surface area contributed by atoms with Gasteiger partial charge in [-0.15, -0.1) is 0 Å². The number of esters is 1. The molecule has 4 nitrogen and oxygen atoms in total. The number of carbonyl (C=O) groups is 2. The largest absolute Gasteiger partial charge is 0.471 e. The van der Waals surface area contributed by atoms with Gasteiger partial charge in [0.05, 0.1) is 7.11 Å². The number of ether oxygens (including phenoxy) is 2. The summed E-state index contributed by atoms with van der Waals surface area (Å²) in [7, 11) is 1.25. The van der Waals surface area contributed by atoms with Gasteiger partial charge in [0.1, 0.15) is 5.75 Å². The Morgan fingerprint density at radius 2 is 2.12 bits per heavy atom. The summed E-state index contributed by atoms with van der Waals surface area (Å²) >= 11 is 0. The minimum Gasteiger partial charge on any atom is -0.471 e. The van der Waals surface area contributed by atoms with Crippen LogP contribution in [-0.2, 0) is 20.7 Å². The molecule has 1 atom stereocenters. The van der Waals surface area contributed by atoms with E-state index in [0.717, 1.165) is 5.56 Å². The van der Waals surface area contributed by atoms with Crippen molar-refractivity contribution in [3.05, 3.63) is 29.8 Å². The third-order valence-electron chi connectivity index (χ3n) is 2.57. The van der Waals surface area contributed by atoms with Crippen molar-refractivity contribution in [2.24, 2.45) is 0 Å². The first-order chi connectivity index (χ1) is 7.72. The van der Waals surface area contributed by atoms with Crippen molar-refractivity contribution < 1.29 is 19.1 Å². The van der Waals surface area contributed by atoms with E-state index >= 15 is 0 Å². The van der Waals surface area contributed by atoms with Crippen LogP contribution in [0.1, 0.15) is 12.0 Å². The zero-order valence-electron chi connectivity index (χ0n) is 8.93. The van der Waals surface area contributed by atoms with Gasteiger partial charge in [-0.1, -0.05) is 18.2 Å². The number of aryl methyl sites for hydroxylation is 1. The lowest BCUT2D eigenvalue weighted by molar-refractivity contribution is -0.153. The molecule has 1 heterocycles. The van der Waals surface area contributed by atoms with Crippen LogP contribution < -0.4 is 4.74 Å². The predicted molar refractivity (Wildman–Crippen MR) is 56.2 cm³/mol. The molecule has 1 aliphatic rings. The van der Waals surface area contributed by atoms with E-state index in [1.807, 2.05) is 18.2 Å². The molecule has 0 radical (unpaired) electrons. The Bertz CT molecular complexity index is 425. The van der Waals surface area contributed by atoms with Gasteiger partial charge in [-0.05, 0) is 18.1 Å². The van der Waals surface area contributed by atoms with Crippen LogP contribution in [-0.4, -0.2) is 25.0 Å². The smallest absolute Gasteiger partial charge is 0.354 e. The maximum Gasteiger partial charge on any atom is 0.354 e. The van der Waals surface area contributed by atoms with E-state index in [1.165, 1.54) is 7.11 Å². The summed E-state index contributed by atoms with van der Waals surface area (Å²) in [5.74, 6) is -0.284. The van der Waals surface area contributed by atoms with Gasteiger partial charge >= 0.3 is 5.97 Å². The van der Waals surface area contributed by atoms with Crippen molar-refractivity contribution in [2.45, 2.75) is 18.9 Å². The number of hydrogen-bond acceptors (Lipinski definition) is 4. The molecular formula is C12H12O4. The number of para-hydroxylation sites is 1. The standard InChI is InChI=1S/C12H12O4/c1-15-12(14)11-9(13)7-6-8-4-2-3-5-10(8)16-11/h2-5,11H,6-7H2,1H3. The maximum absolute atomic E-state index is 11.7. The van der Waals surface area contributed by atoms with Crippen molar-refractivity contribution in [2.75, 3.05) is 7.11 Å².